The molecule has 5 heteroatoms. The van der Waals surface area contributed by atoms with Crippen molar-refractivity contribution in [3.8, 4) is 0 Å². The van der Waals surface area contributed by atoms with Gasteiger partial charge in [-0.2, -0.15) is 0 Å². The molecule has 0 saturated carbocycles. The summed E-state index contributed by atoms with van der Waals surface area (Å²) in [6, 6.07) is 5.39. The van der Waals surface area contributed by atoms with Crippen LogP contribution in [0.25, 0.3) is 0 Å². The predicted octanol–water partition coefficient (Wildman–Crippen LogP) is 3.57. The van der Waals surface area contributed by atoms with E-state index in [0.29, 0.717) is 21.7 Å². The number of carbonyl (C=O) groups excluding carboxylic acids is 1. The van der Waals surface area contributed by atoms with Gasteiger partial charge in [0, 0.05) is 6.04 Å². The highest BCUT2D eigenvalue weighted by molar-refractivity contribution is 6.39. The Kier molecular flexibility index (Phi) is 5.93. The van der Waals surface area contributed by atoms with Gasteiger partial charge < -0.3 is 10.6 Å². The van der Waals surface area contributed by atoms with Crippen molar-refractivity contribution < 1.29 is 4.79 Å². The summed E-state index contributed by atoms with van der Waals surface area (Å²) in [7, 11) is 0. The molecular formula is C13H18Cl2N2O. The second-order valence-electron chi connectivity index (χ2n) is 4.56. The van der Waals surface area contributed by atoms with Crippen molar-refractivity contribution in [3.63, 3.8) is 0 Å². The Morgan fingerprint density at radius 3 is 2.28 bits per heavy atom. The molecule has 0 radical (unpaired) electrons. The zero-order valence-corrected chi connectivity index (χ0v) is 12.3. The Hall–Kier alpha value is -0.770. The summed E-state index contributed by atoms with van der Waals surface area (Å²) >= 11 is 11.9. The van der Waals surface area contributed by atoms with Crippen LogP contribution in [0, 0.1) is 5.92 Å². The third-order valence-electron chi connectivity index (χ3n) is 2.81. The smallest absolute Gasteiger partial charge is 0.238 e. The summed E-state index contributed by atoms with van der Waals surface area (Å²) < 4.78 is 0. The van der Waals surface area contributed by atoms with Crippen LogP contribution in [-0.2, 0) is 4.79 Å². The van der Waals surface area contributed by atoms with Gasteiger partial charge in [-0.15, -0.1) is 0 Å². The largest absolute Gasteiger partial charge is 0.322 e. The minimum absolute atomic E-state index is 0.155. The van der Waals surface area contributed by atoms with Crippen molar-refractivity contribution in [1.29, 1.82) is 0 Å². The molecule has 0 aliphatic carbocycles. The van der Waals surface area contributed by atoms with Crippen molar-refractivity contribution in [3.05, 3.63) is 28.2 Å². The summed E-state index contributed by atoms with van der Waals surface area (Å²) in [5, 5.41) is 6.73. The van der Waals surface area contributed by atoms with Crippen molar-refractivity contribution in [1.82, 2.24) is 5.32 Å². The van der Waals surface area contributed by atoms with E-state index in [9.17, 15) is 4.79 Å². The molecule has 0 saturated heterocycles. The highest BCUT2D eigenvalue weighted by Crippen LogP contribution is 2.29. The molecule has 2 N–H and O–H groups in total. The van der Waals surface area contributed by atoms with Crippen LogP contribution in [0.1, 0.15) is 20.8 Å². The quantitative estimate of drug-likeness (QED) is 0.870. The lowest BCUT2D eigenvalue weighted by atomic mass is 10.1. The number of anilines is 1. The number of para-hydroxylation sites is 1. The second kappa shape index (κ2) is 6.98. The molecule has 0 aromatic heterocycles. The van der Waals surface area contributed by atoms with Gasteiger partial charge in [-0.25, -0.2) is 0 Å². The maximum atomic E-state index is 11.8. The molecule has 0 fully saturated rings. The molecule has 1 atom stereocenters. The SMILES string of the molecule is CC(C)C(C)NCC(=O)Nc1c(Cl)cccc1Cl. The molecule has 0 aliphatic rings. The van der Waals surface area contributed by atoms with E-state index in [4.69, 9.17) is 23.2 Å². The fourth-order valence-electron chi connectivity index (χ4n) is 1.29. The van der Waals surface area contributed by atoms with E-state index in [1.54, 1.807) is 18.2 Å². The first kappa shape index (κ1) is 15.3. The van der Waals surface area contributed by atoms with Crippen LogP contribution in [0.5, 0.6) is 0 Å². The normalized spacial score (nSPS) is 12.6. The Balaban J connectivity index is 2.55. The van der Waals surface area contributed by atoms with Crippen LogP contribution < -0.4 is 10.6 Å². The van der Waals surface area contributed by atoms with Crippen LogP contribution in [0.2, 0.25) is 10.0 Å². The molecule has 1 aromatic rings. The van der Waals surface area contributed by atoms with Crippen molar-refractivity contribution >= 4 is 34.8 Å². The fourth-order valence-corrected chi connectivity index (χ4v) is 1.78. The minimum Gasteiger partial charge on any atom is -0.322 e. The lowest BCUT2D eigenvalue weighted by Gasteiger charge is -2.17. The van der Waals surface area contributed by atoms with Gasteiger partial charge in [-0.3, -0.25) is 4.79 Å². The molecule has 0 spiro atoms. The summed E-state index contributed by atoms with van der Waals surface area (Å²) in [4.78, 5) is 11.8. The topological polar surface area (TPSA) is 41.1 Å². The van der Waals surface area contributed by atoms with E-state index >= 15 is 0 Å². The maximum absolute atomic E-state index is 11.8. The number of halogens is 2. The number of rotatable bonds is 5. The minimum atomic E-state index is -0.155. The number of hydrogen-bond acceptors (Lipinski definition) is 2. The number of carbonyl (C=O) groups is 1. The van der Waals surface area contributed by atoms with E-state index in [-0.39, 0.29) is 18.5 Å². The molecule has 0 bridgehead atoms. The van der Waals surface area contributed by atoms with E-state index in [1.807, 2.05) is 6.92 Å². The van der Waals surface area contributed by atoms with Crippen LogP contribution >= 0.6 is 23.2 Å². The Labute approximate surface area is 118 Å². The van der Waals surface area contributed by atoms with Crippen molar-refractivity contribution in [2.45, 2.75) is 26.8 Å². The standard InChI is InChI=1S/C13H18Cl2N2O/c1-8(2)9(3)16-7-12(18)17-13-10(14)5-4-6-11(13)15/h4-6,8-9,16H,7H2,1-3H3,(H,17,18). The monoisotopic (exact) mass is 288 g/mol. The summed E-state index contributed by atoms with van der Waals surface area (Å²) in [6.07, 6.45) is 0. The van der Waals surface area contributed by atoms with Gasteiger partial charge in [0.15, 0.2) is 0 Å². The predicted molar refractivity (Wildman–Crippen MR) is 77.4 cm³/mol. The first-order valence-electron chi connectivity index (χ1n) is 5.89. The van der Waals surface area contributed by atoms with Crippen LogP contribution in [0.3, 0.4) is 0 Å². The highest BCUT2D eigenvalue weighted by atomic mass is 35.5. The Morgan fingerprint density at radius 1 is 1.22 bits per heavy atom. The van der Waals surface area contributed by atoms with Gasteiger partial charge in [0.25, 0.3) is 0 Å². The molecule has 3 nitrogen and oxygen atoms in total. The fraction of sp³-hybridized carbons (Fsp3) is 0.462. The molecule has 1 aromatic carbocycles. The Morgan fingerprint density at radius 2 is 1.78 bits per heavy atom. The molecule has 0 aliphatic heterocycles. The third-order valence-corrected chi connectivity index (χ3v) is 3.44. The average molecular weight is 289 g/mol. The summed E-state index contributed by atoms with van der Waals surface area (Å²) in [5.74, 6) is 0.319. The molecule has 0 heterocycles. The van der Waals surface area contributed by atoms with E-state index in [2.05, 4.69) is 24.5 Å². The third kappa shape index (κ3) is 4.48. The molecule has 1 rings (SSSR count). The van der Waals surface area contributed by atoms with Gasteiger partial charge in [-0.1, -0.05) is 43.1 Å². The lowest BCUT2D eigenvalue weighted by molar-refractivity contribution is -0.115. The van der Waals surface area contributed by atoms with Crippen LogP contribution in [-0.4, -0.2) is 18.5 Å². The van der Waals surface area contributed by atoms with Crippen LogP contribution in [0.15, 0.2) is 18.2 Å². The first-order chi connectivity index (χ1) is 8.41. The van der Waals surface area contributed by atoms with E-state index in [1.165, 1.54) is 0 Å². The number of benzene rings is 1. The molecule has 1 amide bonds. The highest BCUT2D eigenvalue weighted by Gasteiger charge is 2.11. The molecule has 100 valence electrons. The average Bonchev–Trinajstić information content (AvgIpc) is 2.30. The Bertz CT molecular complexity index is 401. The van der Waals surface area contributed by atoms with Gasteiger partial charge in [0.1, 0.15) is 0 Å². The zero-order valence-electron chi connectivity index (χ0n) is 10.8. The van der Waals surface area contributed by atoms with Gasteiger partial charge >= 0.3 is 0 Å². The molecule has 18 heavy (non-hydrogen) atoms. The lowest BCUT2D eigenvalue weighted by Crippen LogP contribution is -2.37. The van der Waals surface area contributed by atoms with Crippen molar-refractivity contribution in [2.24, 2.45) is 5.92 Å². The van der Waals surface area contributed by atoms with E-state index < -0.39 is 0 Å². The zero-order chi connectivity index (χ0) is 13.7. The first-order valence-corrected chi connectivity index (χ1v) is 6.64. The number of hydrogen-bond donors (Lipinski definition) is 2. The molecule has 1 unspecified atom stereocenters. The number of amides is 1. The van der Waals surface area contributed by atoms with Gasteiger partial charge in [0.2, 0.25) is 5.91 Å². The van der Waals surface area contributed by atoms with Crippen LogP contribution in [0.4, 0.5) is 5.69 Å². The summed E-state index contributed by atoms with van der Waals surface area (Å²) in [6.45, 7) is 6.47. The number of nitrogens with one attached hydrogen (secondary N) is 2. The van der Waals surface area contributed by atoms with Gasteiger partial charge in [0.05, 0.1) is 22.3 Å². The molecular weight excluding hydrogens is 271 g/mol. The summed E-state index contributed by atoms with van der Waals surface area (Å²) in [5.41, 5.74) is 0.463. The maximum Gasteiger partial charge on any atom is 0.238 e. The van der Waals surface area contributed by atoms with E-state index in [0.717, 1.165) is 0 Å². The van der Waals surface area contributed by atoms with Crippen molar-refractivity contribution in [2.75, 3.05) is 11.9 Å². The van der Waals surface area contributed by atoms with Gasteiger partial charge in [-0.05, 0) is 25.0 Å². The second-order valence-corrected chi connectivity index (χ2v) is 5.37.